The number of hydrogen-bond acceptors (Lipinski definition) is 5. The van der Waals surface area contributed by atoms with Crippen LogP contribution in [0.1, 0.15) is 35.6 Å². The van der Waals surface area contributed by atoms with Crippen LogP contribution in [0.2, 0.25) is 0 Å². The van der Waals surface area contributed by atoms with Crippen molar-refractivity contribution < 1.29 is 24.5 Å². The summed E-state index contributed by atoms with van der Waals surface area (Å²) >= 11 is 0. The molecule has 3 atom stereocenters. The average Bonchev–Trinajstić information content (AvgIpc) is 3.18. The summed E-state index contributed by atoms with van der Waals surface area (Å²) in [7, 11) is 1.55. The molecule has 0 saturated carbocycles. The number of nitrogens with zero attached hydrogens (tertiary/aromatic N) is 2. The maximum absolute atomic E-state index is 13.8. The smallest absolute Gasteiger partial charge is 0.264 e. The highest BCUT2D eigenvalue weighted by Gasteiger charge is 2.52. The number of rotatable bonds is 8. The third-order valence-corrected chi connectivity index (χ3v) is 7.92. The van der Waals surface area contributed by atoms with Crippen molar-refractivity contribution in [2.45, 2.75) is 44.5 Å². The normalized spacial score (nSPS) is 21.1. The van der Waals surface area contributed by atoms with Gasteiger partial charge in [-0.05, 0) is 41.3 Å². The highest BCUT2D eigenvalue weighted by molar-refractivity contribution is 6.07. The van der Waals surface area contributed by atoms with Gasteiger partial charge in [0.05, 0.1) is 32.0 Å². The van der Waals surface area contributed by atoms with Crippen LogP contribution >= 0.6 is 0 Å². The molecule has 2 aliphatic rings. The zero-order valence-electron chi connectivity index (χ0n) is 22.3. The van der Waals surface area contributed by atoms with Gasteiger partial charge in [0.2, 0.25) is 5.91 Å². The van der Waals surface area contributed by atoms with E-state index in [4.69, 9.17) is 4.74 Å². The SMILES string of the molecule is COc1ccc2c(c1)[C@](O)([C@@H](C)/C=C/CC(=O)N1Cc3ccccc3C[C@H]1CO)C(=O)N2Cc1ccccc1. The molecule has 0 aromatic heterocycles. The summed E-state index contributed by atoms with van der Waals surface area (Å²) in [5, 5.41) is 21.9. The second-order valence-electron chi connectivity index (χ2n) is 10.3. The van der Waals surface area contributed by atoms with Gasteiger partial charge in [-0.25, -0.2) is 0 Å². The highest BCUT2D eigenvalue weighted by Crippen LogP contribution is 2.47. The Morgan fingerprint density at radius 2 is 1.82 bits per heavy atom. The second-order valence-corrected chi connectivity index (χ2v) is 10.3. The number of carbonyl (C=O) groups is 2. The quantitative estimate of drug-likeness (QED) is 0.434. The molecule has 5 rings (SSSR count). The summed E-state index contributed by atoms with van der Waals surface area (Å²) < 4.78 is 5.40. The summed E-state index contributed by atoms with van der Waals surface area (Å²) in [5.41, 5.74) is 2.51. The van der Waals surface area contributed by atoms with Crippen molar-refractivity contribution in [3.8, 4) is 5.75 Å². The Morgan fingerprint density at radius 3 is 2.54 bits per heavy atom. The Kier molecular flexibility index (Phi) is 7.55. The molecule has 202 valence electrons. The number of anilines is 1. The van der Waals surface area contributed by atoms with Crippen molar-refractivity contribution in [2.24, 2.45) is 5.92 Å². The van der Waals surface area contributed by atoms with Crippen LogP contribution in [0.5, 0.6) is 5.75 Å². The summed E-state index contributed by atoms with van der Waals surface area (Å²) in [5.74, 6) is -0.580. The van der Waals surface area contributed by atoms with Crippen molar-refractivity contribution in [3.63, 3.8) is 0 Å². The second kappa shape index (κ2) is 11.0. The molecule has 0 spiro atoms. The van der Waals surface area contributed by atoms with Gasteiger partial charge in [-0.3, -0.25) is 9.59 Å². The van der Waals surface area contributed by atoms with E-state index in [1.54, 1.807) is 54.2 Å². The molecular weight excluding hydrogens is 492 g/mol. The number of benzene rings is 3. The molecule has 0 aliphatic carbocycles. The standard InChI is InChI=1S/C32H34N2O5/c1-22(9-8-14-30(36)33-20-25-13-7-6-12-24(25)17-26(33)21-35)32(38)28-18-27(39-2)15-16-29(28)34(31(32)37)19-23-10-4-3-5-11-23/h3-13,15-16,18,22,26,35,38H,14,17,19-21H2,1-2H3/b9-8+/t22-,26-,32+/m0/s1. The number of ether oxygens (including phenoxy) is 1. The first kappa shape index (κ1) is 26.7. The van der Waals surface area contributed by atoms with Crippen LogP contribution in [0, 0.1) is 5.92 Å². The lowest BCUT2D eigenvalue weighted by Gasteiger charge is -2.36. The molecule has 3 aromatic carbocycles. The molecule has 2 amide bonds. The van der Waals surface area contributed by atoms with Crippen molar-refractivity contribution >= 4 is 17.5 Å². The number of aliphatic hydroxyl groups excluding tert-OH is 1. The summed E-state index contributed by atoms with van der Waals surface area (Å²) in [6.07, 6.45) is 4.17. The molecule has 7 nitrogen and oxygen atoms in total. The lowest BCUT2D eigenvalue weighted by Crippen LogP contribution is -2.46. The zero-order chi connectivity index (χ0) is 27.6. The third kappa shape index (κ3) is 4.95. The number of aliphatic hydroxyl groups is 2. The van der Waals surface area contributed by atoms with Crippen LogP contribution in [0.15, 0.2) is 84.9 Å². The van der Waals surface area contributed by atoms with Crippen molar-refractivity contribution in [2.75, 3.05) is 18.6 Å². The van der Waals surface area contributed by atoms with Gasteiger partial charge in [0.1, 0.15) is 5.75 Å². The van der Waals surface area contributed by atoms with E-state index >= 15 is 0 Å². The Balaban J connectivity index is 1.36. The molecule has 0 fully saturated rings. The number of hydrogen-bond donors (Lipinski definition) is 2. The van der Waals surface area contributed by atoms with Crippen molar-refractivity contribution in [1.82, 2.24) is 4.90 Å². The molecular formula is C32H34N2O5. The summed E-state index contributed by atoms with van der Waals surface area (Å²) in [4.78, 5) is 30.3. The molecule has 0 saturated heterocycles. The topological polar surface area (TPSA) is 90.3 Å². The van der Waals surface area contributed by atoms with Gasteiger partial charge in [0.15, 0.2) is 5.60 Å². The monoisotopic (exact) mass is 526 g/mol. The predicted octanol–water partition coefficient (Wildman–Crippen LogP) is 3.96. The molecule has 0 unspecified atom stereocenters. The van der Waals surface area contributed by atoms with Gasteiger partial charge in [-0.15, -0.1) is 0 Å². The molecule has 7 heteroatoms. The molecule has 0 radical (unpaired) electrons. The van der Waals surface area contributed by atoms with Crippen LogP contribution in [-0.2, 0) is 34.7 Å². The fourth-order valence-electron chi connectivity index (χ4n) is 5.65. The Labute approximate surface area is 228 Å². The third-order valence-electron chi connectivity index (χ3n) is 7.92. The highest BCUT2D eigenvalue weighted by atomic mass is 16.5. The fraction of sp³-hybridized carbons (Fsp3) is 0.312. The molecule has 2 heterocycles. The van der Waals surface area contributed by atoms with E-state index < -0.39 is 17.4 Å². The predicted molar refractivity (Wildman–Crippen MR) is 149 cm³/mol. The fourth-order valence-corrected chi connectivity index (χ4v) is 5.65. The number of methoxy groups -OCH3 is 1. The van der Waals surface area contributed by atoms with Gasteiger partial charge < -0.3 is 24.7 Å². The van der Waals surface area contributed by atoms with E-state index in [1.165, 1.54) is 0 Å². The number of amides is 2. The van der Waals surface area contributed by atoms with E-state index in [2.05, 4.69) is 0 Å². The van der Waals surface area contributed by atoms with E-state index in [9.17, 15) is 19.8 Å². The minimum atomic E-state index is -1.81. The maximum Gasteiger partial charge on any atom is 0.264 e. The van der Waals surface area contributed by atoms with Gasteiger partial charge in [0.25, 0.3) is 5.91 Å². The first-order chi connectivity index (χ1) is 18.9. The first-order valence-electron chi connectivity index (χ1n) is 13.3. The number of carbonyl (C=O) groups excluding carboxylic acids is 2. The molecule has 2 N–H and O–H groups in total. The van der Waals surface area contributed by atoms with E-state index in [1.807, 2.05) is 54.6 Å². The minimum absolute atomic E-state index is 0.103. The van der Waals surface area contributed by atoms with Crippen LogP contribution in [-0.4, -0.2) is 46.7 Å². The summed E-state index contributed by atoms with van der Waals surface area (Å²) in [6.45, 7) is 2.45. The average molecular weight is 527 g/mol. The Hall–Kier alpha value is -3.94. The summed E-state index contributed by atoms with van der Waals surface area (Å²) in [6, 6.07) is 22.6. The van der Waals surface area contributed by atoms with Crippen molar-refractivity contribution in [3.05, 3.63) is 107 Å². The van der Waals surface area contributed by atoms with E-state index in [-0.39, 0.29) is 25.0 Å². The van der Waals surface area contributed by atoms with Crippen LogP contribution in [0.25, 0.3) is 0 Å². The number of fused-ring (bicyclic) bond motifs is 2. The van der Waals surface area contributed by atoms with Gasteiger partial charge in [-0.1, -0.05) is 73.7 Å². The Bertz CT molecular complexity index is 1390. The van der Waals surface area contributed by atoms with E-state index in [0.717, 1.165) is 16.7 Å². The van der Waals surface area contributed by atoms with Crippen molar-refractivity contribution in [1.29, 1.82) is 0 Å². The molecule has 3 aromatic rings. The minimum Gasteiger partial charge on any atom is -0.497 e. The maximum atomic E-state index is 13.8. The van der Waals surface area contributed by atoms with Crippen LogP contribution < -0.4 is 9.64 Å². The molecule has 39 heavy (non-hydrogen) atoms. The Morgan fingerprint density at radius 1 is 1.10 bits per heavy atom. The van der Waals surface area contributed by atoms with Gasteiger partial charge >= 0.3 is 0 Å². The largest absolute Gasteiger partial charge is 0.497 e. The molecule has 2 aliphatic heterocycles. The zero-order valence-corrected chi connectivity index (χ0v) is 22.3. The lowest BCUT2D eigenvalue weighted by molar-refractivity contribution is -0.139. The molecule has 0 bridgehead atoms. The lowest BCUT2D eigenvalue weighted by atomic mass is 9.82. The van der Waals surface area contributed by atoms with Gasteiger partial charge in [-0.2, -0.15) is 0 Å². The van der Waals surface area contributed by atoms with Gasteiger partial charge in [0, 0.05) is 24.4 Å². The van der Waals surface area contributed by atoms with Crippen LogP contribution in [0.3, 0.4) is 0 Å². The first-order valence-corrected chi connectivity index (χ1v) is 13.3. The van der Waals surface area contributed by atoms with E-state index in [0.29, 0.717) is 36.5 Å². The van der Waals surface area contributed by atoms with Crippen LogP contribution in [0.4, 0.5) is 5.69 Å².